The summed E-state index contributed by atoms with van der Waals surface area (Å²) in [5.41, 5.74) is 1.78. The molecule has 0 bridgehead atoms. The molecule has 1 aliphatic rings. The Morgan fingerprint density at radius 3 is 2.44 bits per heavy atom. The number of carbonyl (C=O) groups excluding carboxylic acids is 2. The van der Waals surface area contributed by atoms with Gasteiger partial charge in [0.05, 0.1) is 13.7 Å². The van der Waals surface area contributed by atoms with E-state index in [1.165, 1.54) is 5.56 Å². The maximum Gasteiger partial charge on any atom is 0.317 e. The Labute approximate surface area is 258 Å². The summed E-state index contributed by atoms with van der Waals surface area (Å²) in [6.07, 6.45) is 4.43. The van der Waals surface area contributed by atoms with Gasteiger partial charge in [0, 0.05) is 57.4 Å². The summed E-state index contributed by atoms with van der Waals surface area (Å²) in [5.74, 6) is 1.32. The number of urea groups is 1. The Balaban J connectivity index is 1.64. The third-order valence-electron chi connectivity index (χ3n) is 7.74. The van der Waals surface area contributed by atoms with Gasteiger partial charge in [-0.2, -0.15) is 0 Å². The summed E-state index contributed by atoms with van der Waals surface area (Å²) in [6.45, 7) is 10.8. The van der Waals surface area contributed by atoms with E-state index in [0.29, 0.717) is 56.0 Å². The van der Waals surface area contributed by atoms with Gasteiger partial charge in [0.2, 0.25) is 0 Å². The van der Waals surface area contributed by atoms with E-state index in [9.17, 15) is 9.59 Å². The van der Waals surface area contributed by atoms with Crippen molar-refractivity contribution in [2.24, 2.45) is 5.92 Å². The van der Waals surface area contributed by atoms with Crippen LogP contribution in [-0.4, -0.2) is 94.0 Å². The molecule has 1 fully saturated rings. The monoisotopic (exact) mass is 596 g/mol. The highest BCUT2D eigenvalue weighted by Gasteiger charge is 2.34. The number of nitrogens with one attached hydrogen (secondary N) is 2. The zero-order valence-corrected chi connectivity index (χ0v) is 26.8. The van der Waals surface area contributed by atoms with Crippen LogP contribution >= 0.6 is 0 Å². The van der Waals surface area contributed by atoms with E-state index in [0.717, 1.165) is 45.2 Å². The molecule has 0 aliphatic heterocycles. The van der Waals surface area contributed by atoms with Crippen molar-refractivity contribution in [1.29, 1.82) is 0 Å². The molecule has 9 nitrogen and oxygen atoms in total. The molecular formula is C34H52N4O5. The van der Waals surface area contributed by atoms with Crippen molar-refractivity contribution in [3.63, 3.8) is 0 Å². The third-order valence-corrected chi connectivity index (χ3v) is 7.74. The molecule has 0 unspecified atom stereocenters. The number of ether oxygens (including phenoxy) is 3. The van der Waals surface area contributed by atoms with E-state index in [1.807, 2.05) is 41.8 Å². The van der Waals surface area contributed by atoms with E-state index in [2.05, 4.69) is 29.7 Å². The highest BCUT2D eigenvalue weighted by molar-refractivity contribution is 5.95. The van der Waals surface area contributed by atoms with Crippen molar-refractivity contribution in [2.75, 3.05) is 60.2 Å². The third kappa shape index (κ3) is 11.4. The van der Waals surface area contributed by atoms with Crippen LogP contribution in [0.5, 0.6) is 11.5 Å². The Morgan fingerprint density at radius 1 is 1.02 bits per heavy atom. The minimum absolute atomic E-state index is 0.00739. The molecule has 1 saturated carbocycles. The number of methoxy groups -OCH3 is 2. The normalized spacial score (nSPS) is 13.4. The molecule has 2 aromatic rings. The molecule has 2 N–H and O–H groups in total. The summed E-state index contributed by atoms with van der Waals surface area (Å²) in [4.78, 5) is 30.9. The molecule has 0 heterocycles. The van der Waals surface area contributed by atoms with Crippen LogP contribution in [-0.2, 0) is 11.2 Å². The molecule has 43 heavy (non-hydrogen) atoms. The Kier molecular flexibility index (Phi) is 14.6. The van der Waals surface area contributed by atoms with Crippen LogP contribution in [0.25, 0.3) is 0 Å². The Morgan fingerprint density at radius 2 is 1.79 bits per heavy atom. The van der Waals surface area contributed by atoms with Gasteiger partial charge in [-0.1, -0.05) is 37.3 Å². The first kappa shape index (κ1) is 34.2. The van der Waals surface area contributed by atoms with Crippen molar-refractivity contribution in [3.8, 4) is 11.5 Å². The molecule has 9 heteroatoms. The molecular weight excluding hydrogens is 544 g/mol. The van der Waals surface area contributed by atoms with Crippen molar-refractivity contribution in [3.05, 3.63) is 59.7 Å². The highest BCUT2D eigenvalue weighted by Crippen LogP contribution is 2.30. The fourth-order valence-electron chi connectivity index (χ4n) is 5.12. The van der Waals surface area contributed by atoms with Crippen molar-refractivity contribution in [1.82, 2.24) is 20.4 Å². The predicted molar refractivity (Wildman–Crippen MR) is 171 cm³/mol. The molecule has 238 valence electrons. The summed E-state index contributed by atoms with van der Waals surface area (Å²) in [6, 6.07) is 15.9. The first-order chi connectivity index (χ1) is 20.9. The lowest BCUT2D eigenvalue weighted by Crippen LogP contribution is -2.47. The molecule has 0 aromatic heterocycles. The van der Waals surface area contributed by atoms with Gasteiger partial charge in [0.1, 0.15) is 0 Å². The molecule has 1 aliphatic carbocycles. The van der Waals surface area contributed by atoms with Crippen LogP contribution in [0.2, 0.25) is 0 Å². The number of carbonyl (C=O) groups is 2. The quantitative estimate of drug-likeness (QED) is 0.209. The van der Waals surface area contributed by atoms with Crippen LogP contribution in [0.3, 0.4) is 0 Å². The minimum atomic E-state index is -0.0423. The van der Waals surface area contributed by atoms with Crippen LogP contribution in [0.1, 0.15) is 62.4 Å². The van der Waals surface area contributed by atoms with Gasteiger partial charge >= 0.3 is 6.03 Å². The fourth-order valence-corrected chi connectivity index (χ4v) is 5.12. The number of amides is 3. The summed E-state index contributed by atoms with van der Waals surface area (Å²) in [7, 11) is 3.26. The zero-order valence-electron chi connectivity index (χ0n) is 26.8. The second-order valence-corrected chi connectivity index (χ2v) is 11.5. The van der Waals surface area contributed by atoms with Gasteiger partial charge in [0.15, 0.2) is 11.5 Å². The van der Waals surface area contributed by atoms with Crippen LogP contribution in [0, 0.1) is 5.92 Å². The van der Waals surface area contributed by atoms with E-state index in [4.69, 9.17) is 14.2 Å². The van der Waals surface area contributed by atoms with E-state index < -0.39 is 0 Å². The van der Waals surface area contributed by atoms with Crippen LogP contribution in [0.15, 0.2) is 48.5 Å². The van der Waals surface area contributed by atoms with Crippen molar-refractivity contribution >= 4 is 11.9 Å². The zero-order chi connectivity index (χ0) is 31.0. The smallest absolute Gasteiger partial charge is 0.317 e. The second kappa shape index (κ2) is 18.4. The predicted octanol–water partition coefficient (Wildman–Crippen LogP) is 4.99. The first-order valence-electron chi connectivity index (χ1n) is 15.8. The largest absolute Gasteiger partial charge is 0.493 e. The Hall–Kier alpha value is -3.30. The van der Waals surface area contributed by atoms with E-state index >= 15 is 0 Å². The number of benzene rings is 2. The summed E-state index contributed by atoms with van der Waals surface area (Å²) in [5, 5.41) is 6.62. The lowest BCUT2D eigenvalue weighted by molar-refractivity contribution is 0.0688. The number of hydrogen-bond acceptors (Lipinski definition) is 6. The average Bonchev–Trinajstić information content (AvgIpc) is 3.86. The van der Waals surface area contributed by atoms with Gasteiger partial charge in [0.25, 0.3) is 5.91 Å². The maximum absolute atomic E-state index is 13.7. The van der Waals surface area contributed by atoms with Crippen molar-refractivity contribution in [2.45, 2.75) is 65.0 Å². The average molecular weight is 597 g/mol. The standard InChI is InChI=1S/C34H52N4O5/c1-6-35-24-28(25-38(30-14-15-30)34(40)36-19-17-27-11-8-7-9-12-27)18-20-37(26(2)3)33(39)29-13-16-31(42-5)32(23-29)43-22-10-21-41-4/h7-9,11-13,16,23,26,28,30,35H,6,10,14-15,17-22,24-25H2,1-5H3,(H,36,40)/t28-/m0/s1. The number of rotatable bonds is 20. The minimum Gasteiger partial charge on any atom is -0.493 e. The second-order valence-electron chi connectivity index (χ2n) is 11.5. The molecule has 1 atom stereocenters. The molecule has 3 rings (SSSR count). The van der Waals surface area contributed by atoms with E-state index in [-0.39, 0.29) is 23.9 Å². The van der Waals surface area contributed by atoms with Crippen LogP contribution in [0.4, 0.5) is 4.79 Å². The molecule has 0 saturated heterocycles. The molecule has 0 radical (unpaired) electrons. The lowest BCUT2D eigenvalue weighted by Gasteiger charge is -2.32. The van der Waals surface area contributed by atoms with Gasteiger partial charge < -0.3 is 34.6 Å². The number of nitrogens with zero attached hydrogens (tertiary/aromatic N) is 2. The van der Waals surface area contributed by atoms with Crippen LogP contribution < -0.4 is 20.1 Å². The Bertz CT molecular complexity index is 1110. The van der Waals surface area contributed by atoms with E-state index in [1.54, 1.807) is 32.4 Å². The highest BCUT2D eigenvalue weighted by atomic mass is 16.5. The maximum atomic E-state index is 13.7. The summed E-state index contributed by atoms with van der Waals surface area (Å²) < 4.78 is 16.5. The van der Waals surface area contributed by atoms with Gasteiger partial charge in [-0.3, -0.25) is 4.79 Å². The van der Waals surface area contributed by atoms with Crippen molar-refractivity contribution < 1.29 is 23.8 Å². The SMILES string of the molecule is CCNC[C@H](CCN(C(=O)c1ccc(OC)c(OCCCOC)c1)C(C)C)CN(C(=O)NCCc1ccccc1)C1CC1. The molecule has 2 aromatic carbocycles. The van der Waals surface area contributed by atoms with Gasteiger partial charge in [-0.15, -0.1) is 0 Å². The molecule has 0 spiro atoms. The first-order valence-corrected chi connectivity index (χ1v) is 15.8. The molecule has 3 amide bonds. The lowest BCUT2D eigenvalue weighted by atomic mass is 10.0. The van der Waals surface area contributed by atoms with Gasteiger partial charge in [-0.25, -0.2) is 4.79 Å². The summed E-state index contributed by atoms with van der Waals surface area (Å²) >= 11 is 0. The topological polar surface area (TPSA) is 92.4 Å². The number of hydrogen-bond donors (Lipinski definition) is 2. The van der Waals surface area contributed by atoms with Gasteiger partial charge in [-0.05, 0) is 82.3 Å². The fraction of sp³-hybridized carbons (Fsp3) is 0.588.